The molecule has 120 valence electrons. The van der Waals surface area contributed by atoms with Crippen LogP contribution < -0.4 is 4.74 Å². The second-order valence-electron chi connectivity index (χ2n) is 5.67. The van der Waals surface area contributed by atoms with Crippen molar-refractivity contribution in [3.63, 3.8) is 0 Å². The van der Waals surface area contributed by atoms with E-state index < -0.39 is 0 Å². The fourth-order valence-electron chi connectivity index (χ4n) is 2.69. The molecular weight excluding hydrogens is 282 g/mol. The molecule has 1 amide bonds. The number of piperidine rings is 1. The van der Waals surface area contributed by atoms with Gasteiger partial charge in [0.1, 0.15) is 5.75 Å². The van der Waals surface area contributed by atoms with E-state index in [1.54, 1.807) is 31.4 Å². The molecule has 1 heterocycles. The van der Waals surface area contributed by atoms with E-state index in [-0.39, 0.29) is 18.3 Å². The van der Waals surface area contributed by atoms with Crippen LogP contribution in [0.3, 0.4) is 0 Å². The Morgan fingerprint density at radius 2 is 2.00 bits per heavy atom. The Bertz CT molecular complexity index is 510. The normalized spacial score (nSPS) is 18.1. The number of carbonyl (C=O) groups is 2. The molecule has 1 atom stereocenters. The van der Waals surface area contributed by atoms with Crippen molar-refractivity contribution in [3.8, 4) is 5.75 Å². The molecule has 1 aliphatic heterocycles. The van der Waals surface area contributed by atoms with Gasteiger partial charge in [0.2, 0.25) is 0 Å². The number of likely N-dealkylation sites (tertiary alicyclic amines) is 1. The molecule has 5 heteroatoms. The van der Waals surface area contributed by atoms with Crippen molar-refractivity contribution in [1.82, 2.24) is 4.90 Å². The number of Topliss-reactive ketones (excluding diaryl/α,β-unsaturated/α-hetero) is 1. The molecule has 1 aliphatic rings. The average molecular weight is 305 g/mol. The molecule has 1 fully saturated rings. The third-order valence-corrected chi connectivity index (χ3v) is 3.90. The molecule has 1 unspecified atom stereocenters. The highest BCUT2D eigenvalue weighted by Crippen LogP contribution is 2.17. The smallest absolute Gasteiger partial charge is 0.260 e. The van der Waals surface area contributed by atoms with Gasteiger partial charge in [0, 0.05) is 25.8 Å². The molecule has 1 aromatic rings. The van der Waals surface area contributed by atoms with Crippen LogP contribution in [0.15, 0.2) is 24.3 Å². The fraction of sp³-hybridized carbons (Fsp3) is 0.529. The summed E-state index contributed by atoms with van der Waals surface area (Å²) in [6, 6.07) is 6.84. The zero-order valence-corrected chi connectivity index (χ0v) is 13.2. The van der Waals surface area contributed by atoms with Gasteiger partial charge >= 0.3 is 0 Å². The third-order valence-electron chi connectivity index (χ3n) is 3.90. The number of amides is 1. The molecule has 0 radical (unpaired) electrons. The Balaban J connectivity index is 1.83. The highest BCUT2D eigenvalue weighted by molar-refractivity contribution is 5.94. The minimum atomic E-state index is -0.00329. The molecule has 1 saturated heterocycles. The van der Waals surface area contributed by atoms with Crippen molar-refractivity contribution < 1.29 is 19.1 Å². The maximum absolute atomic E-state index is 12.2. The lowest BCUT2D eigenvalue weighted by Crippen LogP contribution is -2.43. The zero-order valence-electron chi connectivity index (χ0n) is 13.2. The number of hydrogen-bond acceptors (Lipinski definition) is 4. The predicted molar refractivity (Wildman–Crippen MR) is 83.1 cm³/mol. The predicted octanol–water partition coefficient (Wildman–Crippen LogP) is 2.15. The first-order valence-corrected chi connectivity index (χ1v) is 7.60. The summed E-state index contributed by atoms with van der Waals surface area (Å²) >= 11 is 0. The van der Waals surface area contributed by atoms with Gasteiger partial charge in [-0.3, -0.25) is 9.59 Å². The topological polar surface area (TPSA) is 55.8 Å². The summed E-state index contributed by atoms with van der Waals surface area (Å²) in [5.41, 5.74) is 0.636. The van der Waals surface area contributed by atoms with E-state index in [0.29, 0.717) is 23.8 Å². The summed E-state index contributed by atoms with van der Waals surface area (Å²) in [4.78, 5) is 25.2. The number of rotatable bonds is 6. The molecule has 0 aliphatic carbocycles. The highest BCUT2D eigenvalue weighted by atomic mass is 16.5. The summed E-state index contributed by atoms with van der Waals surface area (Å²) in [6.45, 7) is 3.76. The first-order chi connectivity index (χ1) is 10.6. The number of nitrogens with zero attached hydrogens (tertiary/aromatic N) is 1. The Morgan fingerprint density at radius 3 is 2.64 bits per heavy atom. The Kier molecular flexibility index (Phi) is 5.95. The van der Waals surface area contributed by atoms with Crippen molar-refractivity contribution in [2.75, 3.05) is 33.4 Å². The number of methoxy groups -OCH3 is 1. The van der Waals surface area contributed by atoms with Crippen LogP contribution in [0.1, 0.15) is 30.1 Å². The first-order valence-electron chi connectivity index (χ1n) is 7.60. The van der Waals surface area contributed by atoms with Gasteiger partial charge in [0.15, 0.2) is 12.4 Å². The minimum absolute atomic E-state index is 0.00329. The number of hydrogen-bond donors (Lipinski definition) is 0. The summed E-state index contributed by atoms with van der Waals surface area (Å²) in [6.07, 6.45) is 2.11. The molecule has 1 aromatic carbocycles. The molecule has 2 rings (SSSR count). The zero-order chi connectivity index (χ0) is 15.9. The number of ether oxygens (including phenoxy) is 2. The van der Waals surface area contributed by atoms with E-state index in [0.717, 1.165) is 25.9 Å². The third kappa shape index (κ3) is 4.56. The Hall–Kier alpha value is -1.88. The molecule has 22 heavy (non-hydrogen) atoms. The number of carbonyl (C=O) groups excluding carboxylic acids is 2. The van der Waals surface area contributed by atoms with Gasteiger partial charge < -0.3 is 14.4 Å². The second-order valence-corrected chi connectivity index (χ2v) is 5.67. The Morgan fingerprint density at radius 1 is 1.27 bits per heavy atom. The van der Waals surface area contributed by atoms with Crippen molar-refractivity contribution in [3.05, 3.63) is 29.8 Å². The van der Waals surface area contributed by atoms with E-state index in [2.05, 4.69) is 0 Å². The van der Waals surface area contributed by atoms with Gasteiger partial charge in [0.25, 0.3) is 5.91 Å². The minimum Gasteiger partial charge on any atom is -0.484 e. The van der Waals surface area contributed by atoms with Gasteiger partial charge in [-0.2, -0.15) is 0 Å². The fourth-order valence-corrected chi connectivity index (χ4v) is 2.69. The van der Waals surface area contributed by atoms with Crippen LogP contribution in [0.25, 0.3) is 0 Å². The van der Waals surface area contributed by atoms with Gasteiger partial charge in [-0.25, -0.2) is 0 Å². The van der Waals surface area contributed by atoms with E-state index in [9.17, 15) is 9.59 Å². The standard InChI is InChI=1S/C17H23NO4/c1-13(19)15-5-7-16(8-6-15)22-12-17(20)18-9-3-4-14(10-18)11-21-2/h5-8,14H,3-4,9-12H2,1-2H3. The lowest BCUT2D eigenvalue weighted by atomic mass is 9.99. The van der Waals surface area contributed by atoms with Crippen molar-refractivity contribution in [2.45, 2.75) is 19.8 Å². The van der Waals surface area contributed by atoms with Crippen LogP contribution >= 0.6 is 0 Å². The molecular formula is C17H23NO4. The van der Waals surface area contributed by atoms with Crippen molar-refractivity contribution in [2.24, 2.45) is 5.92 Å². The maximum atomic E-state index is 12.2. The van der Waals surface area contributed by atoms with Crippen LogP contribution in [0.4, 0.5) is 0 Å². The van der Waals surface area contributed by atoms with Gasteiger partial charge in [0.05, 0.1) is 6.61 Å². The van der Waals surface area contributed by atoms with Crippen molar-refractivity contribution >= 4 is 11.7 Å². The van der Waals surface area contributed by atoms with E-state index in [4.69, 9.17) is 9.47 Å². The Labute approximate surface area is 131 Å². The van der Waals surface area contributed by atoms with Crippen LogP contribution in [0.2, 0.25) is 0 Å². The quantitative estimate of drug-likeness (QED) is 0.756. The number of ketones is 1. The van der Waals surface area contributed by atoms with Gasteiger partial charge in [-0.1, -0.05) is 0 Å². The van der Waals surface area contributed by atoms with Gasteiger partial charge in [-0.05, 0) is 49.9 Å². The second kappa shape index (κ2) is 7.94. The molecule has 5 nitrogen and oxygen atoms in total. The summed E-state index contributed by atoms with van der Waals surface area (Å²) in [5, 5.41) is 0. The lowest BCUT2D eigenvalue weighted by Gasteiger charge is -2.32. The summed E-state index contributed by atoms with van der Waals surface area (Å²) in [7, 11) is 1.69. The van der Waals surface area contributed by atoms with E-state index in [1.807, 2.05) is 4.90 Å². The molecule has 0 bridgehead atoms. The van der Waals surface area contributed by atoms with E-state index in [1.165, 1.54) is 6.92 Å². The summed E-state index contributed by atoms with van der Waals surface area (Å²) < 4.78 is 10.7. The van der Waals surface area contributed by atoms with Crippen LogP contribution in [0.5, 0.6) is 5.75 Å². The first kappa shape index (κ1) is 16.5. The van der Waals surface area contributed by atoms with Crippen LogP contribution in [-0.4, -0.2) is 50.0 Å². The SMILES string of the molecule is COCC1CCCN(C(=O)COc2ccc(C(C)=O)cc2)C1. The van der Waals surface area contributed by atoms with Crippen LogP contribution in [0, 0.1) is 5.92 Å². The van der Waals surface area contributed by atoms with E-state index >= 15 is 0 Å². The number of benzene rings is 1. The maximum Gasteiger partial charge on any atom is 0.260 e. The lowest BCUT2D eigenvalue weighted by molar-refractivity contribution is -0.135. The largest absolute Gasteiger partial charge is 0.484 e. The summed E-state index contributed by atoms with van der Waals surface area (Å²) in [5.74, 6) is 1.03. The highest BCUT2D eigenvalue weighted by Gasteiger charge is 2.23. The molecule has 0 spiro atoms. The molecule has 0 aromatic heterocycles. The van der Waals surface area contributed by atoms with Crippen LogP contribution in [-0.2, 0) is 9.53 Å². The average Bonchev–Trinajstić information content (AvgIpc) is 2.53. The molecule has 0 N–H and O–H groups in total. The van der Waals surface area contributed by atoms with Gasteiger partial charge in [-0.15, -0.1) is 0 Å². The molecule has 0 saturated carbocycles. The van der Waals surface area contributed by atoms with Crippen molar-refractivity contribution in [1.29, 1.82) is 0 Å². The monoisotopic (exact) mass is 305 g/mol.